The average Bonchev–Trinajstić information content (AvgIpc) is 3.20. The minimum Gasteiger partial charge on any atom is -0.383 e. The lowest BCUT2D eigenvalue weighted by atomic mass is 9.96. The Morgan fingerprint density at radius 1 is 1.24 bits per heavy atom. The van der Waals surface area contributed by atoms with Crippen LogP contribution in [0.2, 0.25) is 0 Å². The topological polar surface area (TPSA) is 155 Å². The van der Waals surface area contributed by atoms with Crippen molar-refractivity contribution in [1.82, 2.24) is 24.1 Å². The molecule has 5 N–H and O–H groups in total. The van der Waals surface area contributed by atoms with Crippen molar-refractivity contribution in [2.45, 2.75) is 25.4 Å². The number of hydrogen-bond acceptors (Lipinski definition) is 8. The quantitative estimate of drug-likeness (QED) is 0.418. The zero-order chi connectivity index (χ0) is 23.4. The Morgan fingerprint density at radius 2 is 2.06 bits per heavy atom. The predicted octanol–water partition coefficient (Wildman–Crippen LogP) is 1.89. The Bertz CT molecular complexity index is 1330. The van der Waals surface area contributed by atoms with Gasteiger partial charge in [-0.3, -0.25) is 14.2 Å². The highest BCUT2D eigenvalue weighted by Crippen LogP contribution is 2.20. The molecule has 0 aromatic carbocycles. The number of methoxy groups -OCH3 is 1. The monoisotopic (exact) mass is 448 g/mol. The Morgan fingerprint density at radius 3 is 2.67 bits per heavy atom. The molecule has 1 aliphatic rings. The molecule has 0 spiro atoms. The second-order valence-corrected chi connectivity index (χ2v) is 7.42. The lowest BCUT2D eigenvalue weighted by Gasteiger charge is -2.22. The van der Waals surface area contributed by atoms with E-state index in [4.69, 9.17) is 16.2 Å². The van der Waals surface area contributed by atoms with Crippen LogP contribution in [0.5, 0.6) is 0 Å². The largest absolute Gasteiger partial charge is 0.383 e. The molecule has 0 atom stereocenters. The molecule has 0 saturated heterocycles. The minimum atomic E-state index is -0.675. The number of ether oxygens (including phenoxy) is 1. The molecule has 0 bridgehead atoms. The van der Waals surface area contributed by atoms with Crippen molar-refractivity contribution in [3.05, 3.63) is 70.9 Å². The number of nitrogens with zero attached hydrogens (tertiary/aromatic N) is 5. The Labute approximate surface area is 189 Å². The van der Waals surface area contributed by atoms with Crippen LogP contribution in [0.3, 0.4) is 0 Å². The number of carbonyl (C=O) groups is 1. The van der Waals surface area contributed by atoms with Crippen LogP contribution in [0.25, 0.3) is 11.5 Å². The third-order valence-corrected chi connectivity index (χ3v) is 5.26. The van der Waals surface area contributed by atoms with Gasteiger partial charge in [0.1, 0.15) is 28.7 Å². The van der Waals surface area contributed by atoms with Gasteiger partial charge >= 0.3 is 0 Å². The molecule has 11 nitrogen and oxygen atoms in total. The van der Waals surface area contributed by atoms with E-state index in [1.807, 2.05) is 0 Å². The van der Waals surface area contributed by atoms with E-state index in [9.17, 15) is 9.59 Å². The van der Waals surface area contributed by atoms with Crippen molar-refractivity contribution in [2.24, 2.45) is 5.73 Å². The number of rotatable bonds is 5. The maximum Gasteiger partial charge on any atom is 0.279 e. The van der Waals surface area contributed by atoms with E-state index in [1.165, 1.54) is 40.6 Å². The fraction of sp³-hybridized carbons (Fsp3) is 0.227. The second kappa shape index (κ2) is 9.49. The molecule has 4 aromatic heterocycles. The van der Waals surface area contributed by atoms with Gasteiger partial charge < -0.3 is 21.5 Å². The van der Waals surface area contributed by atoms with Gasteiger partial charge in [-0.15, -0.1) is 0 Å². The summed E-state index contributed by atoms with van der Waals surface area (Å²) in [5.41, 5.74) is 11.6. The number of pyridine rings is 2. The first-order valence-corrected chi connectivity index (χ1v) is 10.3. The average molecular weight is 448 g/mol. The standard InChI is InChI=1S/C17H14N8O2.C5H10O/c18-12-8-13(23-16-10(15(19)26)9-21-25(12)16)22-11-4-3-7-24(17(11)27)14-5-1-2-6-20-14;1-6-5-3-2-4-5/h1-9H,18H2,(H2,19,26)(H,22,23);5H,2-4H2,1H3. The zero-order valence-corrected chi connectivity index (χ0v) is 18.0. The molecule has 1 amide bonds. The maximum atomic E-state index is 12.8. The molecule has 4 heterocycles. The van der Waals surface area contributed by atoms with Gasteiger partial charge in [-0.1, -0.05) is 6.07 Å². The first-order chi connectivity index (χ1) is 16.0. The molecule has 33 heavy (non-hydrogen) atoms. The van der Waals surface area contributed by atoms with Crippen molar-refractivity contribution < 1.29 is 9.53 Å². The number of nitrogens with one attached hydrogen (secondary N) is 1. The van der Waals surface area contributed by atoms with Crippen LogP contribution in [0.1, 0.15) is 29.6 Å². The number of fused-ring (bicyclic) bond motifs is 1. The molecular weight excluding hydrogens is 424 g/mol. The third-order valence-electron chi connectivity index (χ3n) is 5.26. The zero-order valence-electron chi connectivity index (χ0n) is 18.0. The van der Waals surface area contributed by atoms with E-state index in [-0.39, 0.29) is 34.1 Å². The molecule has 11 heteroatoms. The summed E-state index contributed by atoms with van der Waals surface area (Å²) in [5, 5.41) is 6.91. The van der Waals surface area contributed by atoms with Crippen LogP contribution in [0.15, 0.2) is 59.8 Å². The maximum absolute atomic E-state index is 12.8. The number of hydrogen-bond donors (Lipinski definition) is 3. The highest BCUT2D eigenvalue weighted by atomic mass is 16.5. The summed E-state index contributed by atoms with van der Waals surface area (Å²) in [7, 11) is 1.78. The molecular formula is C22H24N8O3. The van der Waals surface area contributed by atoms with Gasteiger partial charge in [0.05, 0.1) is 12.3 Å². The predicted molar refractivity (Wildman–Crippen MR) is 124 cm³/mol. The van der Waals surface area contributed by atoms with Crippen molar-refractivity contribution in [2.75, 3.05) is 18.2 Å². The van der Waals surface area contributed by atoms with Crippen LogP contribution in [0.4, 0.5) is 17.3 Å². The second-order valence-electron chi connectivity index (χ2n) is 7.42. The number of nitrogens with two attached hydrogens (primary N) is 2. The lowest BCUT2D eigenvalue weighted by Crippen LogP contribution is -2.21. The van der Waals surface area contributed by atoms with Gasteiger partial charge in [0.15, 0.2) is 5.65 Å². The summed E-state index contributed by atoms with van der Waals surface area (Å²) in [6.45, 7) is 0. The number of amides is 1. The smallest absolute Gasteiger partial charge is 0.279 e. The van der Waals surface area contributed by atoms with Crippen LogP contribution in [-0.4, -0.2) is 43.3 Å². The summed E-state index contributed by atoms with van der Waals surface area (Å²) < 4.78 is 7.68. The molecule has 5 rings (SSSR count). The number of carbonyl (C=O) groups excluding carboxylic acids is 1. The van der Waals surface area contributed by atoms with Crippen molar-refractivity contribution >= 4 is 28.9 Å². The van der Waals surface area contributed by atoms with E-state index in [2.05, 4.69) is 20.4 Å². The molecule has 0 unspecified atom stereocenters. The fourth-order valence-corrected chi connectivity index (χ4v) is 3.23. The van der Waals surface area contributed by atoms with Gasteiger partial charge in [-0.05, 0) is 43.5 Å². The Balaban J connectivity index is 0.000000376. The van der Waals surface area contributed by atoms with E-state index in [1.54, 1.807) is 49.8 Å². The van der Waals surface area contributed by atoms with Crippen LogP contribution < -0.4 is 22.3 Å². The molecule has 170 valence electrons. The molecule has 0 aliphatic heterocycles. The van der Waals surface area contributed by atoms with E-state index in [0.29, 0.717) is 11.9 Å². The normalized spacial score (nSPS) is 13.1. The van der Waals surface area contributed by atoms with Crippen molar-refractivity contribution in [3.63, 3.8) is 0 Å². The molecule has 1 aliphatic carbocycles. The van der Waals surface area contributed by atoms with E-state index >= 15 is 0 Å². The summed E-state index contributed by atoms with van der Waals surface area (Å²) in [6.07, 6.45) is 9.07. The first kappa shape index (κ1) is 22.0. The Kier molecular flexibility index (Phi) is 6.31. The summed E-state index contributed by atoms with van der Waals surface area (Å²) in [6, 6.07) is 10.1. The van der Waals surface area contributed by atoms with Gasteiger partial charge in [-0.25, -0.2) is 9.97 Å². The first-order valence-electron chi connectivity index (χ1n) is 10.3. The fourth-order valence-electron chi connectivity index (χ4n) is 3.23. The number of anilines is 3. The highest BCUT2D eigenvalue weighted by molar-refractivity contribution is 5.98. The van der Waals surface area contributed by atoms with Crippen LogP contribution >= 0.6 is 0 Å². The molecule has 1 fully saturated rings. The van der Waals surface area contributed by atoms with Gasteiger partial charge in [0.2, 0.25) is 0 Å². The summed E-state index contributed by atoms with van der Waals surface area (Å²) in [5.74, 6) is 0.321. The summed E-state index contributed by atoms with van der Waals surface area (Å²) in [4.78, 5) is 32.8. The lowest BCUT2D eigenvalue weighted by molar-refractivity contribution is 0.0412. The van der Waals surface area contributed by atoms with Gasteiger partial charge in [0.25, 0.3) is 11.5 Å². The van der Waals surface area contributed by atoms with Gasteiger partial charge in [-0.2, -0.15) is 9.61 Å². The van der Waals surface area contributed by atoms with Crippen LogP contribution in [-0.2, 0) is 4.74 Å². The molecule has 4 aromatic rings. The van der Waals surface area contributed by atoms with Gasteiger partial charge in [0, 0.05) is 25.6 Å². The molecule has 1 saturated carbocycles. The summed E-state index contributed by atoms with van der Waals surface area (Å²) >= 11 is 0. The van der Waals surface area contributed by atoms with E-state index in [0.717, 1.165) is 0 Å². The minimum absolute atomic E-state index is 0.129. The van der Waals surface area contributed by atoms with E-state index < -0.39 is 5.91 Å². The molecule has 0 radical (unpaired) electrons. The number of aromatic nitrogens is 5. The number of primary amides is 1. The number of nitrogen functional groups attached to an aromatic ring is 1. The highest BCUT2D eigenvalue weighted by Gasteiger charge is 2.15. The van der Waals surface area contributed by atoms with Crippen molar-refractivity contribution in [1.29, 1.82) is 0 Å². The van der Waals surface area contributed by atoms with Crippen molar-refractivity contribution in [3.8, 4) is 5.82 Å². The third kappa shape index (κ3) is 4.67. The van der Waals surface area contributed by atoms with Crippen LogP contribution in [0, 0.1) is 0 Å². The SMILES string of the molecule is COC1CCC1.NC(=O)c1cnn2c(N)cc(Nc3cccn(-c4ccccn4)c3=O)nc12. The Hall–Kier alpha value is -4.25.